The minimum absolute atomic E-state index is 0.0737. The number of nitrogens with one attached hydrogen (secondary N) is 2. The van der Waals surface area contributed by atoms with E-state index in [0.717, 1.165) is 23.4 Å². The average Bonchev–Trinajstić information content (AvgIpc) is 3.50. The zero-order valence-electron chi connectivity index (χ0n) is 28.3. The molecule has 50 heavy (non-hydrogen) atoms. The van der Waals surface area contributed by atoms with Gasteiger partial charge in [0.25, 0.3) is 0 Å². The van der Waals surface area contributed by atoms with Crippen molar-refractivity contribution in [3.05, 3.63) is 220 Å². The summed E-state index contributed by atoms with van der Waals surface area (Å²) in [7, 11) is 0. The lowest BCUT2D eigenvalue weighted by atomic mass is 9.60. The molecular formula is C47H41N3. The van der Waals surface area contributed by atoms with Crippen LogP contribution in [0.2, 0.25) is 0 Å². The molecule has 0 bridgehead atoms. The highest BCUT2D eigenvalue weighted by Gasteiger charge is 2.54. The van der Waals surface area contributed by atoms with E-state index in [4.69, 9.17) is 4.99 Å². The Kier molecular flexibility index (Phi) is 7.78. The van der Waals surface area contributed by atoms with Gasteiger partial charge in [-0.15, -0.1) is 0 Å². The Bertz CT molecular complexity index is 2180. The van der Waals surface area contributed by atoms with Crippen molar-refractivity contribution < 1.29 is 0 Å². The van der Waals surface area contributed by atoms with Crippen LogP contribution in [0.5, 0.6) is 0 Å². The van der Waals surface area contributed by atoms with Gasteiger partial charge < -0.3 is 5.32 Å². The van der Waals surface area contributed by atoms with Gasteiger partial charge in [0.1, 0.15) is 18.2 Å². The molecule has 1 heterocycles. The Morgan fingerprint density at radius 3 is 2.18 bits per heavy atom. The number of hydrogen-bond acceptors (Lipinski definition) is 3. The van der Waals surface area contributed by atoms with Crippen LogP contribution in [0.25, 0.3) is 5.57 Å². The first-order valence-electron chi connectivity index (χ1n) is 17.9. The van der Waals surface area contributed by atoms with E-state index in [1.807, 2.05) is 0 Å². The lowest BCUT2D eigenvalue weighted by Crippen LogP contribution is -2.44. The molecule has 4 aliphatic rings. The van der Waals surface area contributed by atoms with Gasteiger partial charge in [0.05, 0.1) is 0 Å². The van der Waals surface area contributed by atoms with E-state index < -0.39 is 0 Å². The maximum atomic E-state index is 5.25. The minimum Gasteiger partial charge on any atom is -0.350 e. The fourth-order valence-electron chi connectivity index (χ4n) is 8.97. The molecule has 5 aromatic rings. The summed E-state index contributed by atoms with van der Waals surface area (Å²) in [6.45, 7) is 2.41. The molecule has 3 aliphatic carbocycles. The van der Waals surface area contributed by atoms with Gasteiger partial charge in [-0.25, -0.2) is 4.99 Å². The first-order chi connectivity index (χ1) is 24.7. The SMILES string of the molecule is CC1C=C(c2cccc(C3N=C(c4ccccc4)NC(c4ccccc4)N3)c2)C=C2C1c1ccccc1C2(c1ccccc1)C1C=CC=CC1. The van der Waals surface area contributed by atoms with Crippen LogP contribution in [0.3, 0.4) is 0 Å². The smallest absolute Gasteiger partial charge is 0.131 e. The maximum Gasteiger partial charge on any atom is 0.131 e. The molecule has 9 rings (SSSR count). The van der Waals surface area contributed by atoms with E-state index in [0.29, 0.717) is 17.8 Å². The molecule has 0 saturated carbocycles. The summed E-state index contributed by atoms with van der Waals surface area (Å²) in [4.78, 5) is 5.25. The molecule has 0 saturated heterocycles. The zero-order valence-corrected chi connectivity index (χ0v) is 28.3. The molecule has 244 valence electrons. The van der Waals surface area contributed by atoms with Crippen LogP contribution in [0, 0.1) is 11.8 Å². The van der Waals surface area contributed by atoms with Crippen LogP contribution >= 0.6 is 0 Å². The van der Waals surface area contributed by atoms with Gasteiger partial charge in [-0.1, -0.05) is 177 Å². The van der Waals surface area contributed by atoms with E-state index in [9.17, 15) is 0 Å². The Morgan fingerprint density at radius 1 is 0.700 bits per heavy atom. The molecule has 2 N–H and O–H groups in total. The Hall–Kier alpha value is -5.51. The van der Waals surface area contributed by atoms with Gasteiger partial charge in [-0.3, -0.25) is 5.32 Å². The van der Waals surface area contributed by atoms with Gasteiger partial charge >= 0.3 is 0 Å². The number of fused-ring (bicyclic) bond motifs is 3. The molecule has 6 atom stereocenters. The number of nitrogens with zero attached hydrogens (tertiary/aromatic N) is 1. The van der Waals surface area contributed by atoms with Crippen LogP contribution in [0.4, 0.5) is 0 Å². The Morgan fingerprint density at radius 2 is 1.40 bits per heavy atom. The van der Waals surface area contributed by atoms with Crippen LogP contribution in [-0.2, 0) is 5.41 Å². The number of hydrogen-bond donors (Lipinski definition) is 2. The predicted octanol–water partition coefficient (Wildman–Crippen LogP) is 10.2. The Labute approximate surface area is 295 Å². The first-order valence-corrected chi connectivity index (χ1v) is 17.9. The second-order valence-corrected chi connectivity index (χ2v) is 14.0. The second kappa shape index (κ2) is 12.7. The van der Waals surface area contributed by atoms with Crippen molar-refractivity contribution in [2.45, 2.75) is 37.0 Å². The summed E-state index contributed by atoms with van der Waals surface area (Å²) in [6, 6.07) is 50.6. The quantitative estimate of drug-likeness (QED) is 0.192. The third-order valence-electron chi connectivity index (χ3n) is 11.1. The number of allylic oxidation sites excluding steroid dienone is 8. The minimum atomic E-state index is -0.246. The van der Waals surface area contributed by atoms with Gasteiger partial charge in [-0.2, -0.15) is 0 Å². The summed E-state index contributed by atoms with van der Waals surface area (Å²) in [5, 5.41) is 7.47. The number of aliphatic imine (C=N–C) groups is 1. The van der Waals surface area contributed by atoms with Gasteiger partial charge in [0, 0.05) is 16.9 Å². The van der Waals surface area contributed by atoms with E-state index in [2.05, 4.69) is 194 Å². The predicted molar refractivity (Wildman–Crippen MR) is 206 cm³/mol. The fraction of sp³-hybridized carbons (Fsp3) is 0.170. The molecular weight excluding hydrogens is 607 g/mol. The molecule has 3 heteroatoms. The summed E-state index contributed by atoms with van der Waals surface area (Å²) in [5.74, 6) is 1.89. The normalized spacial score (nSPS) is 26.6. The van der Waals surface area contributed by atoms with Crippen molar-refractivity contribution in [1.82, 2.24) is 10.6 Å². The highest BCUT2D eigenvalue weighted by Crippen LogP contribution is 2.62. The summed E-state index contributed by atoms with van der Waals surface area (Å²) in [6.07, 6.45) is 15.0. The third-order valence-corrected chi connectivity index (χ3v) is 11.1. The maximum absolute atomic E-state index is 5.25. The van der Waals surface area contributed by atoms with Crippen molar-refractivity contribution in [2.24, 2.45) is 16.8 Å². The summed E-state index contributed by atoms with van der Waals surface area (Å²) < 4.78 is 0. The third kappa shape index (κ3) is 5.12. The first kappa shape index (κ1) is 30.5. The standard InChI is InChI=1S/C47H41N3/c1-32-29-37(31-42-43(32)40-27-14-15-28-41(40)47(42,38-23-10-4-11-24-38)39-25-12-5-13-26-39)35-21-16-22-36(30-35)46-49-44(33-17-6-2-7-18-33)48-45(50-46)34-19-8-3-9-20-34/h2-25,27-32,39,43-44,46,49H,26H2,1H3,(H,48,50). The van der Waals surface area contributed by atoms with Crippen molar-refractivity contribution in [3.63, 3.8) is 0 Å². The monoisotopic (exact) mass is 647 g/mol. The zero-order chi connectivity index (χ0) is 33.5. The molecule has 0 fully saturated rings. The van der Waals surface area contributed by atoms with E-state index in [1.165, 1.54) is 39.0 Å². The van der Waals surface area contributed by atoms with Gasteiger partial charge in [-0.05, 0) is 68.8 Å². The highest BCUT2D eigenvalue weighted by atomic mass is 15.3. The summed E-state index contributed by atoms with van der Waals surface area (Å²) >= 11 is 0. The lowest BCUT2D eigenvalue weighted by Gasteiger charge is -2.42. The molecule has 0 aromatic heterocycles. The fourth-order valence-corrected chi connectivity index (χ4v) is 8.97. The van der Waals surface area contributed by atoms with E-state index >= 15 is 0 Å². The average molecular weight is 648 g/mol. The molecule has 0 amide bonds. The van der Waals surface area contributed by atoms with E-state index in [1.54, 1.807) is 0 Å². The summed E-state index contributed by atoms with van der Waals surface area (Å²) in [5.41, 5.74) is 11.5. The van der Waals surface area contributed by atoms with E-state index in [-0.39, 0.29) is 17.7 Å². The van der Waals surface area contributed by atoms with Crippen LogP contribution in [-0.4, -0.2) is 5.84 Å². The van der Waals surface area contributed by atoms with Gasteiger partial charge in [0.2, 0.25) is 0 Å². The van der Waals surface area contributed by atoms with Crippen molar-refractivity contribution in [3.8, 4) is 0 Å². The molecule has 6 unspecified atom stereocenters. The second-order valence-electron chi connectivity index (χ2n) is 14.0. The number of rotatable bonds is 6. The van der Waals surface area contributed by atoms with Crippen molar-refractivity contribution >= 4 is 11.4 Å². The van der Waals surface area contributed by atoms with Crippen LogP contribution < -0.4 is 10.6 Å². The Balaban J connectivity index is 1.16. The molecule has 0 radical (unpaired) electrons. The van der Waals surface area contributed by atoms with Crippen molar-refractivity contribution in [1.29, 1.82) is 0 Å². The molecule has 3 nitrogen and oxygen atoms in total. The van der Waals surface area contributed by atoms with Gasteiger partial charge in [0.15, 0.2) is 0 Å². The molecule has 5 aromatic carbocycles. The van der Waals surface area contributed by atoms with Crippen LogP contribution in [0.15, 0.2) is 187 Å². The highest BCUT2D eigenvalue weighted by molar-refractivity contribution is 5.99. The number of benzene rings is 5. The topological polar surface area (TPSA) is 36.4 Å². The largest absolute Gasteiger partial charge is 0.350 e. The molecule has 1 aliphatic heterocycles. The van der Waals surface area contributed by atoms with Crippen LogP contribution in [0.1, 0.15) is 70.5 Å². The number of amidine groups is 1. The lowest BCUT2D eigenvalue weighted by molar-refractivity contribution is 0.409. The van der Waals surface area contributed by atoms with Crippen molar-refractivity contribution in [2.75, 3.05) is 0 Å². The molecule has 0 spiro atoms.